The summed E-state index contributed by atoms with van der Waals surface area (Å²) < 4.78 is 5.35. The highest BCUT2D eigenvalue weighted by molar-refractivity contribution is 5.81. The Morgan fingerprint density at radius 1 is 1.45 bits per heavy atom. The molecule has 0 radical (unpaired) electrons. The van der Waals surface area contributed by atoms with Crippen molar-refractivity contribution in [3.8, 4) is 0 Å². The predicted octanol–water partition coefficient (Wildman–Crippen LogP) is 0.908. The van der Waals surface area contributed by atoms with E-state index < -0.39 is 6.04 Å². The van der Waals surface area contributed by atoms with E-state index in [4.69, 9.17) is 10.5 Å². The van der Waals surface area contributed by atoms with Crippen LogP contribution in [-0.4, -0.2) is 43.2 Å². The average molecular weight is 306 g/mol. The number of anilines is 1. The van der Waals surface area contributed by atoms with Crippen molar-refractivity contribution in [2.45, 2.75) is 32.9 Å². The van der Waals surface area contributed by atoms with Gasteiger partial charge in [-0.15, -0.1) is 0 Å². The molecule has 0 unspecified atom stereocenters. The Labute approximate surface area is 132 Å². The van der Waals surface area contributed by atoms with Crippen molar-refractivity contribution in [1.82, 2.24) is 10.3 Å². The lowest BCUT2D eigenvalue weighted by Crippen LogP contribution is -2.41. The van der Waals surface area contributed by atoms with Crippen molar-refractivity contribution < 1.29 is 9.53 Å². The zero-order chi connectivity index (χ0) is 15.9. The molecule has 0 spiro atoms. The molecule has 2 rings (SSSR count). The quantitative estimate of drug-likeness (QED) is 0.816. The minimum absolute atomic E-state index is 0.0987. The summed E-state index contributed by atoms with van der Waals surface area (Å²) in [7, 11) is 0. The maximum Gasteiger partial charge on any atom is 0.237 e. The summed E-state index contributed by atoms with van der Waals surface area (Å²) in [6.45, 7) is 7.75. The molecular formula is C16H26N4O2. The van der Waals surface area contributed by atoms with E-state index in [2.05, 4.69) is 29.0 Å². The van der Waals surface area contributed by atoms with E-state index in [1.165, 1.54) is 0 Å². The predicted molar refractivity (Wildman–Crippen MR) is 86.5 cm³/mol. The van der Waals surface area contributed by atoms with E-state index in [9.17, 15) is 4.79 Å². The molecular weight excluding hydrogens is 280 g/mol. The number of ether oxygens (including phenoxy) is 1. The van der Waals surface area contributed by atoms with E-state index in [1.807, 2.05) is 12.1 Å². The smallest absolute Gasteiger partial charge is 0.237 e. The van der Waals surface area contributed by atoms with E-state index in [0.717, 1.165) is 37.7 Å². The fourth-order valence-electron chi connectivity index (χ4n) is 2.47. The third-order valence-corrected chi connectivity index (χ3v) is 3.67. The summed E-state index contributed by atoms with van der Waals surface area (Å²) in [6, 6.07) is 3.48. The monoisotopic (exact) mass is 306 g/mol. The van der Waals surface area contributed by atoms with Gasteiger partial charge in [-0.3, -0.25) is 4.79 Å². The van der Waals surface area contributed by atoms with Crippen molar-refractivity contribution in [3.63, 3.8) is 0 Å². The summed E-state index contributed by atoms with van der Waals surface area (Å²) in [6.07, 6.45) is 2.47. The van der Waals surface area contributed by atoms with Gasteiger partial charge in [-0.1, -0.05) is 13.8 Å². The molecule has 1 amide bonds. The molecule has 122 valence electrons. The highest BCUT2D eigenvalue weighted by Gasteiger charge is 2.15. The van der Waals surface area contributed by atoms with E-state index in [-0.39, 0.29) is 5.91 Å². The number of nitrogens with one attached hydrogen (secondary N) is 1. The van der Waals surface area contributed by atoms with Crippen LogP contribution in [0.15, 0.2) is 18.3 Å². The molecule has 1 atom stereocenters. The Balaban J connectivity index is 1.88. The molecule has 3 N–H and O–H groups in total. The third kappa shape index (κ3) is 4.96. The van der Waals surface area contributed by atoms with Gasteiger partial charge in [-0.25, -0.2) is 4.98 Å². The number of rotatable bonds is 6. The Hall–Kier alpha value is -1.66. The third-order valence-electron chi connectivity index (χ3n) is 3.67. The molecule has 0 bridgehead atoms. The number of amides is 1. The van der Waals surface area contributed by atoms with Crippen molar-refractivity contribution >= 4 is 11.7 Å². The average Bonchev–Trinajstić information content (AvgIpc) is 2.53. The zero-order valence-corrected chi connectivity index (χ0v) is 13.4. The highest BCUT2D eigenvalue weighted by atomic mass is 16.5. The summed E-state index contributed by atoms with van der Waals surface area (Å²) >= 11 is 0. The van der Waals surface area contributed by atoms with Crippen LogP contribution >= 0.6 is 0 Å². The molecule has 6 heteroatoms. The van der Waals surface area contributed by atoms with Crippen molar-refractivity contribution in [2.24, 2.45) is 11.7 Å². The second kappa shape index (κ2) is 8.10. The number of hydrogen-bond acceptors (Lipinski definition) is 5. The first-order chi connectivity index (χ1) is 10.6. The summed E-state index contributed by atoms with van der Waals surface area (Å²) in [5, 5.41) is 2.90. The number of nitrogens with zero attached hydrogens (tertiary/aromatic N) is 2. The van der Waals surface area contributed by atoms with Crippen LogP contribution in [0.1, 0.15) is 25.8 Å². The normalized spacial score (nSPS) is 16.6. The minimum atomic E-state index is -0.444. The maximum absolute atomic E-state index is 12.0. The van der Waals surface area contributed by atoms with Crippen LogP contribution in [0, 0.1) is 5.92 Å². The molecule has 1 aromatic rings. The van der Waals surface area contributed by atoms with E-state index >= 15 is 0 Å². The SMILES string of the molecule is CC(C)C[C@H](N)C(=O)NCc1ccnc(N2CCOCC2)c1. The second-order valence-corrected chi connectivity index (χ2v) is 6.08. The number of nitrogens with two attached hydrogens (primary N) is 1. The van der Waals surface area contributed by atoms with Crippen LogP contribution in [-0.2, 0) is 16.1 Å². The lowest BCUT2D eigenvalue weighted by molar-refractivity contribution is -0.122. The Morgan fingerprint density at radius 2 is 2.18 bits per heavy atom. The summed E-state index contributed by atoms with van der Waals surface area (Å²) in [5.74, 6) is 1.24. The van der Waals surface area contributed by atoms with Gasteiger partial charge in [0.1, 0.15) is 5.82 Å². The summed E-state index contributed by atoms with van der Waals surface area (Å²) in [4.78, 5) is 18.6. The molecule has 1 aliphatic heterocycles. The molecule has 1 saturated heterocycles. The highest BCUT2D eigenvalue weighted by Crippen LogP contribution is 2.14. The Bertz CT molecular complexity index is 487. The first-order valence-electron chi connectivity index (χ1n) is 7.87. The van der Waals surface area contributed by atoms with Crippen molar-refractivity contribution in [3.05, 3.63) is 23.9 Å². The van der Waals surface area contributed by atoms with Gasteiger partial charge in [0.25, 0.3) is 0 Å². The van der Waals surface area contributed by atoms with Gasteiger partial charge in [-0.05, 0) is 30.0 Å². The van der Waals surface area contributed by atoms with Gasteiger partial charge < -0.3 is 20.7 Å². The number of carbonyl (C=O) groups is 1. The van der Waals surface area contributed by atoms with Crippen LogP contribution in [0.25, 0.3) is 0 Å². The lowest BCUT2D eigenvalue weighted by atomic mass is 10.0. The first-order valence-corrected chi connectivity index (χ1v) is 7.87. The van der Waals surface area contributed by atoms with Gasteiger partial charge in [0.2, 0.25) is 5.91 Å². The number of morpholine rings is 1. The number of pyridine rings is 1. The fourth-order valence-corrected chi connectivity index (χ4v) is 2.47. The Morgan fingerprint density at radius 3 is 2.86 bits per heavy atom. The molecule has 0 saturated carbocycles. The topological polar surface area (TPSA) is 80.5 Å². The first kappa shape index (κ1) is 16.7. The molecule has 2 heterocycles. The lowest BCUT2D eigenvalue weighted by Gasteiger charge is -2.28. The van der Waals surface area contributed by atoms with Gasteiger partial charge in [0, 0.05) is 25.8 Å². The molecule has 1 fully saturated rings. The van der Waals surface area contributed by atoms with Gasteiger partial charge >= 0.3 is 0 Å². The molecule has 1 aromatic heterocycles. The van der Waals surface area contributed by atoms with Crippen LogP contribution in [0.5, 0.6) is 0 Å². The largest absolute Gasteiger partial charge is 0.378 e. The van der Waals surface area contributed by atoms with Gasteiger partial charge in [-0.2, -0.15) is 0 Å². The Kier molecular flexibility index (Phi) is 6.15. The fraction of sp³-hybridized carbons (Fsp3) is 0.625. The van der Waals surface area contributed by atoms with Crippen molar-refractivity contribution in [2.75, 3.05) is 31.2 Å². The van der Waals surface area contributed by atoms with E-state index in [1.54, 1.807) is 6.20 Å². The number of aromatic nitrogens is 1. The van der Waals surface area contributed by atoms with Crippen LogP contribution in [0.3, 0.4) is 0 Å². The van der Waals surface area contributed by atoms with Crippen LogP contribution < -0.4 is 16.0 Å². The molecule has 0 aliphatic carbocycles. The minimum Gasteiger partial charge on any atom is -0.378 e. The van der Waals surface area contributed by atoms with E-state index in [0.29, 0.717) is 18.9 Å². The molecule has 22 heavy (non-hydrogen) atoms. The standard InChI is InChI=1S/C16H26N4O2/c1-12(2)9-14(17)16(21)19-11-13-3-4-18-15(10-13)20-5-7-22-8-6-20/h3-4,10,12,14H,5-9,11,17H2,1-2H3,(H,19,21)/t14-/m0/s1. The van der Waals surface area contributed by atoms with Gasteiger partial charge in [0.15, 0.2) is 0 Å². The number of hydrogen-bond donors (Lipinski definition) is 2. The van der Waals surface area contributed by atoms with Crippen LogP contribution in [0.4, 0.5) is 5.82 Å². The summed E-state index contributed by atoms with van der Waals surface area (Å²) in [5.41, 5.74) is 6.91. The number of carbonyl (C=O) groups excluding carboxylic acids is 1. The molecule has 0 aromatic carbocycles. The van der Waals surface area contributed by atoms with Crippen molar-refractivity contribution in [1.29, 1.82) is 0 Å². The molecule has 6 nitrogen and oxygen atoms in total. The molecule has 1 aliphatic rings. The maximum atomic E-state index is 12.0. The van der Waals surface area contributed by atoms with Crippen LogP contribution in [0.2, 0.25) is 0 Å². The van der Waals surface area contributed by atoms with Gasteiger partial charge in [0.05, 0.1) is 19.3 Å². The zero-order valence-electron chi connectivity index (χ0n) is 13.4. The second-order valence-electron chi connectivity index (χ2n) is 6.08.